The van der Waals surface area contributed by atoms with Crippen LogP contribution in [0.4, 0.5) is 10.5 Å². The van der Waals surface area contributed by atoms with Crippen molar-refractivity contribution in [2.45, 2.75) is 6.92 Å². The molecule has 1 aliphatic heterocycles. The molecule has 1 fully saturated rings. The molecule has 0 spiro atoms. The number of thioether (sulfide) groups is 1. The highest BCUT2D eigenvalue weighted by molar-refractivity contribution is 8.18. The van der Waals surface area contributed by atoms with E-state index >= 15 is 0 Å². The third-order valence-corrected chi connectivity index (χ3v) is 5.73. The van der Waals surface area contributed by atoms with Crippen molar-refractivity contribution < 1.29 is 23.5 Å². The Bertz CT molecular complexity index is 1300. The largest absolute Gasteiger partial charge is 0.494 e. The summed E-state index contributed by atoms with van der Waals surface area (Å²) >= 11 is 0.748. The molecule has 0 aliphatic carbocycles. The number of nitrogens with zero attached hydrogens (tertiary/aromatic N) is 2. The molecule has 1 aromatic heterocycles. The summed E-state index contributed by atoms with van der Waals surface area (Å²) in [5, 5.41) is 11.0. The average Bonchev–Trinajstić information content (AvgIpc) is 3.41. The smallest absolute Gasteiger partial charge is 0.294 e. The fraction of sp³-hybridized carbons (Fsp3) is 0.120. The molecule has 34 heavy (non-hydrogen) atoms. The number of ether oxygens (including phenoxy) is 1. The van der Waals surface area contributed by atoms with Gasteiger partial charge in [-0.05, 0) is 79.3 Å². The lowest BCUT2D eigenvalue weighted by Crippen LogP contribution is -2.36. The highest BCUT2D eigenvalue weighted by Crippen LogP contribution is 2.33. The van der Waals surface area contributed by atoms with E-state index in [9.17, 15) is 14.4 Å². The predicted molar refractivity (Wildman–Crippen MR) is 128 cm³/mol. The van der Waals surface area contributed by atoms with E-state index in [2.05, 4.69) is 11.4 Å². The minimum absolute atomic E-state index is 0.166. The quantitative estimate of drug-likeness (QED) is 0.486. The van der Waals surface area contributed by atoms with Crippen molar-refractivity contribution in [3.8, 4) is 23.1 Å². The van der Waals surface area contributed by atoms with Crippen molar-refractivity contribution in [3.63, 3.8) is 0 Å². The van der Waals surface area contributed by atoms with Gasteiger partial charge in [0, 0.05) is 17.3 Å². The molecule has 1 aliphatic rings. The number of anilines is 1. The molecular weight excluding hydrogens is 454 g/mol. The lowest BCUT2D eigenvalue weighted by Gasteiger charge is -2.12. The first-order chi connectivity index (χ1) is 16.5. The zero-order chi connectivity index (χ0) is 24.1. The first-order valence-electron chi connectivity index (χ1n) is 10.4. The second-order valence-electron chi connectivity index (χ2n) is 7.16. The van der Waals surface area contributed by atoms with Crippen molar-refractivity contribution in [1.82, 2.24) is 4.90 Å². The van der Waals surface area contributed by atoms with E-state index in [1.165, 1.54) is 6.08 Å². The van der Waals surface area contributed by atoms with Crippen molar-refractivity contribution in [2.75, 3.05) is 18.5 Å². The van der Waals surface area contributed by atoms with E-state index in [0.29, 0.717) is 35.1 Å². The minimum Gasteiger partial charge on any atom is -0.494 e. The van der Waals surface area contributed by atoms with Crippen LogP contribution in [-0.2, 0) is 9.59 Å². The molecule has 0 bridgehead atoms. The zero-order valence-corrected chi connectivity index (χ0v) is 18.9. The maximum absolute atomic E-state index is 12.7. The van der Waals surface area contributed by atoms with Crippen LogP contribution in [0.3, 0.4) is 0 Å². The highest BCUT2D eigenvalue weighted by Gasteiger charge is 2.36. The predicted octanol–water partition coefficient (Wildman–Crippen LogP) is 4.89. The Morgan fingerprint density at radius 2 is 1.85 bits per heavy atom. The van der Waals surface area contributed by atoms with Gasteiger partial charge in [0.1, 0.15) is 23.8 Å². The number of nitriles is 1. The molecule has 3 amide bonds. The van der Waals surface area contributed by atoms with Gasteiger partial charge in [0.15, 0.2) is 0 Å². The van der Waals surface area contributed by atoms with Gasteiger partial charge in [0.2, 0.25) is 5.91 Å². The van der Waals surface area contributed by atoms with Crippen LogP contribution in [-0.4, -0.2) is 35.1 Å². The molecular formula is C25H19N3O5S. The number of benzene rings is 2. The first-order valence-corrected chi connectivity index (χ1v) is 11.2. The summed E-state index contributed by atoms with van der Waals surface area (Å²) in [4.78, 5) is 38.5. The summed E-state index contributed by atoms with van der Waals surface area (Å²) in [6, 6.07) is 19.2. The summed E-state index contributed by atoms with van der Waals surface area (Å²) in [6.07, 6.45) is 1.47. The van der Waals surface area contributed by atoms with Crippen molar-refractivity contribution in [1.29, 1.82) is 5.26 Å². The number of nitrogens with one attached hydrogen (secondary N) is 1. The highest BCUT2D eigenvalue weighted by atomic mass is 32.2. The summed E-state index contributed by atoms with van der Waals surface area (Å²) in [7, 11) is 0. The van der Waals surface area contributed by atoms with Crippen LogP contribution < -0.4 is 10.1 Å². The maximum Gasteiger partial charge on any atom is 0.294 e. The molecule has 8 nitrogen and oxygen atoms in total. The Balaban J connectivity index is 1.40. The van der Waals surface area contributed by atoms with Crippen LogP contribution in [0, 0.1) is 11.3 Å². The van der Waals surface area contributed by atoms with Gasteiger partial charge in [0.25, 0.3) is 11.1 Å². The van der Waals surface area contributed by atoms with Gasteiger partial charge in [-0.25, -0.2) is 0 Å². The molecule has 3 aromatic rings. The maximum atomic E-state index is 12.7. The Morgan fingerprint density at radius 1 is 1.12 bits per heavy atom. The molecule has 1 N–H and O–H groups in total. The molecule has 170 valence electrons. The van der Waals surface area contributed by atoms with Gasteiger partial charge in [-0.15, -0.1) is 0 Å². The van der Waals surface area contributed by atoms with Gasteiger partial charge < -0.3 is 14.5 Å². The number of hydrogen-bond donors (Lipinski definition) is 1. The number of carbonyl (C=O) groups is 3. The van der Waals surface area contributed by atoms with Crippen molar-refractivity contribution >= 4 is 40.6 Å². The number of furan rings is 1. The first kappa shape index (κ1) is 22.9. The average molecular weight is 474 g/mol. The number of amides is 3. The van der Waals surface area contributed by atoms with Gasteiger partial charge in [0.05, 0.1) is 23.1 Å². The van der Waals surface area contributed by atoms with E-state index < -0.39 is 23.6 Å². The fourth-order valence-electron chi connectivity index (χ4n) is 3.21. The Kier molecular flexibility index (Phi) is 6.80. The Morgan fingerprint density at radius 3 is 2.53 bits per heavy atom. The molecule has 2 aromatic carbocycles. The Hall–Kier alpha value is -4.29. The summed E-state index contributed by atoms with van der Waals surface area (Å²) < 4.78 is 11.1. The summed E-state index contributed by atoms with van der Waals surface area (Å²) in [5.41, 5.74) is 1.84. The molecule has 0 saturated carbocycles. The third-order valence-electron chi connectivity index (χ3n) is 4.82. The fourth-order valence-corrected chi connectivity index (χ4v) is 4.02. The topological polar surface area (TPSA) is 113 Å². The molecule has 1 saturated heterocycles. The lowest BCUT2D eigenvalue weighted by molar-refractivity contribution is -0.127. The van der Waals surface area contributed by atoms with Gasteiger partial charge in [-0.3, -0.25) is 19.3 Å². The summed E-state index contributed by atoms with van der Waals surface area (Å²) in [5.74, 6) is 0.576. The second kappa shape index (κ2) is 10.1. The SMILES string of the molecule is CCOc1ccc(NC(=O)CN2C(=O)SC(=Cc3ccc(-c4ccc(C#N)cc4)o3)C2=O)cc1. The van der Waals surface area contributed by atoms with E-state index in [1.54, 1.807) is 60.7 Å². The van der Waals surface area contributed by atoms with Crippen LogP contribution in [0.5, 0.6) is 5.75 Å². The van der Waals surface area contributed by atoms with Crippen LogP contribution in [0.2, 0.25) is 0 Å². The normalized spacial score (nSPS) is 14.4. The molecule has 0 unspecified atom stereocenters. The molecule has 0 radical (unpaired) electrons. The zero-order valence-electron chi connectivity index (χ0n) is 18.1. The van der Waals surface area contributed by atoms with E-state index in [0.717, 1.165) is 22.2 Å². The van der Waals surface area contributed by atoms with Crippen LogP contribution in [0.1, 0.15) is 18.2 Å². The van der Waals surface area contributed by atoms with E-state index in [-0.39, 0.29) is 4.91 Å². The second-order valence-corrected chi connectivity index (χ2v) is 8.16. The Labute approximate surface area is 199 Å². The molecule has 2 heterocycles. The van der Waals surface area contributed by atoms with Crippen LogP contribution in [0.15, 0.2) is 70.0 Å². The monoisotopic (exact) mass is 473 g/mol. The van der Waals surface area contributed by atoms with Gasteiger partial charge in [-0.2, -0.15) is 5.26 Å². The number of carbonyl (C=O) groups excluding carboxylic acids is 3. The lowest BCUT2D eigenvalue weighted by atomic mass is 10.1. The summed E-state index contributed by atoms with van der Waals surface area (Å²) in [6.45, 7) is 2.01. The molecule has 9 heteroatoms. The van der Waals surface area contributed by atoms with Crippen LogP contribution in [0.25, 0.3) is 17.4 Å². The number of imide groups is 1. The minimum atomic E-state index is -0.562. The van der Waals surface area contributed by atoms with Crippen molar-refractivity contribution in [3.05, 3.63) is 76.9 Å². The van der Waals surface area contributed by atoms with Gasteiger partial charge in [-0.1, -0.05) is 0 Å². The number of rotatable bonds is 7. The van der Waals surface area contributed by atoms with Crippen LogP contribution >= 0.6 is 11.8 Å². The standard InChI is InChI=1S/C25H19N3O5S/c1-2-32-19-9-7-18(8-10-19)27-23(29)15-28-24(30)22(34-25(28)31)13-20-11-12-21(33-20)17-5-3-16(14-26)4-6-17/h3-13H,2,15H2,1H3,(H,27,29). The van der Waals surface area contributed by atoms with E-state index in [1.807, 2.05) is 6.92 Å². The van der Waals surface area contributed by atoms with Gasteiger partial charge >= 0.3 is 0 Å². The number of hydrogen-bond acceptors (Lipinski definition) is 7. The molecule has 0 atom stereocenters. The van der Waals surface area contributed by atoms with E-state index in [4.69, 9.17) is 14.4 Å². The van der Waals surface area contributed by atoms with Crippen molar-refractivity contribution in [2.24, 2.45) is 0 Å². The third kappa shape index (κ3) is 5.19. The molecule has 4 rings (SSSR count).